The molecule has 102 valence electrons. The minimum Gasteiger partial charge on any atom is -0.387 e. The van der Waals surface area contributed by atoms with E-state index in [-0.39, 0.29) is 18.0 Å². The van der Waals surface area contributed by atoms with Crippen LogP contribution in [0.2, 0.25) is 0 Å². The zero-order chi connectivity index (χ0) is 13.7. The van der Waals surface area contributed by atoms with Crippen LogP contribution < -0.4 is 0 Å². The van der Waals surface area contributed by atoms with Crippen LogP contribution in [0.1, 0.15) is 13.3 Å². The summed E-state index contributed by atoms with van der Waals surface area (Å²) < 4.78 is 26.2. The number of rotatable bonds is 3. The Morgan fingerprint density at radius 1 is 1.53 bits per heavy atom. The molecule has 0 saturated carbocycles. The highest BCUT2D eigenvalue weighted by Gasteiger charge is 2.46. The second-order valence-corrected chi connectivity index (χ2v) is 6.81. The average Bonchev–Trinajstić information content (AvgIpc) is 2.79. The van der Waals surface area contributed by atoms with Gasteiger partial charge in [0.1, 0.15) is 10.5 Å². The first kappa shape index (κ1) is 12.6. The van der Waals surface area contributed by atoms with Crippen molar-refractivity contribution in [3.63, 3.8) is 0 Å². The second kappa shape index (κ2) is 4.03. The van der Waals surface area contributed by atoms with Gasteiger partial charge < -0.3 is 10.1 Å². The Balaban J connectivity index is 1.98. The van der Waals surface area contributed by atoms with Gasteiger partial charge in [0.15, 0.2) is 0 Å². The molecule has 1 aliphatic heterocycles. The Morgan fingerprint density at radius 2 is 2.26 bits per heavy atom. The summed E-state index contributed by atoms with van der Waals surface area (Å²) in [5.74, 6) is 0. The molecule has 0 unspecified atom stereocenters. The lowest BCUT2D eigenvalue weighted by Crippen LogP contribution is -2.62. The minimum atomic E-state index is -3.56. The van der Waals surface area contributed by atoms with Gasteiger partial charge in [0.25, 0.3) is 0 Å². The maximum atomic E-state index is 12.5. The summed E-state index contributed by atoms with van der Waals surface area (Å²) in [5.41, 5.74) is -0.329. The molecule has 7 heteroatoms. The van der Waals surface area contributed by atoms with Crippen LogP contribution >= 0.6 is 0 Å². The Labute approximate surface area is 111 Å². The van der Waals surface area contributed by atoms with Gasteiger partial charge in [-0.05, 0) is 18.6 Å². The van der Waals surface area contributed by atoms with Crippen LogP contribution in [0, 0.1) is 0 Å². The molecule has 0 aliphatic carbocycles. The summed E-state index contributed by atoms with van der Waals surface area (Å²) in [5, 5.41) is 10.5. The fourth-order valence-corrected chi connectivity index (χ4v) is 4.04. The molecule has 19 heavy (non-hydrogen) atoms. The van der Waals surface area contributed by atoms with Crippen LogP contribution in [0.4, 0.5) is 0 Å². The number of fused-ring (bicyclic) bond motifs is 1. The van der Waals surface area contributed by atoms with Gasteiger partial charge in [0.05, 0.1) is 5.60 Å². The first-order chi connectivity index (χ1) is 8.96. The standard InChI is InChI=1S/C12H15N3O3S/c1-2-12(16)7-15(8-12)19(17,18)10-6-14-11-9(10)4-3-5-13-11/h3-6,16H,2,7-8H2,1H3,(H,13,14). The summed E-state index contributed by atoms with van der Waals surface area (Å²) in [4.78, 5) is 7.14. The number of aliphatic hydroxyl groups is 1. The van der Waals surface area contributed by atoms with E-state index in [2.05, 4.69) is 9.97 Å². The van der Waals surface area contributed by atoms with E-state index in [1.54, 1.807) is 18.3 Å². The molecule has 1 saturated heterocycles. The number of β-amino-alcohol motifs (C(OH)–C–C–N with tert-alkyl or cyclic N) is 1. The molecule has 3 heterocycles. The summed E-state index contributed by atoms with van der Waals surface area (Å²) in [6.07, 6.45) is 3.61. The lowest BCUT2D eigenvalue weighted by atomic mass is 9.94. The molecular formula is C12H15N3O3S. The van der Waals surface area contributed by atoms with Crippen molar-refractivity contribution >= 4 is 21.1 Å². The lowest BCUT2D eigenvalue weighted by molar-refractivity contribution is -0.0613. The third kappa shape index (κ3) is 1.85. The summed E-state index contributed by atoms with van der Waals surface area (Å²) in [6, 6.07) is 3.42. The normalized spacial score (nSPS) is 19.5. The number of nitrogens with one attached hydrogen (secondary N) is 1. The van der Waals surface area contributed by atoms with Crippen molar-refractivity contribution in [3.8, 4) is 0 Å². The van der Waals surface area contributed by atoms with Crippen LogP contribution in [0.15, 0.2) is 29.4 Å². The largest absolute Gasteiger partial charge is 0.387 e. The molecule has 2 aromatic heterocycles. The maximum Gasteiger partial charge on any atom is 0.245 e. The van der Waals surface area contributed by atoms with Gasteiger partial charge in [-0.15, -0.1) is 0 Å². The molecule has 3 rings (SSSR count). The first-order valence-electron chi connectivity index (χ1n) is 6.11. The highest BCUT2D eigenvalue weighted by Crippen LogP contribution is 2.32. The summed E-state index contributed by atoms with van der Waals surface area (Å²) in [7, 11) is -3.56. The van der Waals surface area contributed by atoms with Crippen LogP contribution in [0.25, 0.3) is 11.0 Å². The molecular weight excluding hydrogens is 266 g/mol. The van der Waals surface area contributed by atoms with Crippen molar-refractivity contribution in [2.75, 3.05) is 13.1 Å². The van der Waals surface area contributed by atoms with E-state index >= 15 is 0 Å². The Morgan fingerprint density at radius 3 is 2.95 bits per heavy atom. The highest BCUT2D eigenvalue weighted by atomic mass is 32.2. The van der Waals surface area contributed by atoms with Crippen LogP contribution in [-0.4, -0.2) is 46.5 Å². The number of hydrogen-bond donors (Lipinski definition) is 2. The number of sulfonamides is 1. The quantitative estimate of drug-likeness (QED) is 0.867. The molecule has 0 aromatic carbocycles. The van der Waals surface area contributed by atoms with E-state index in [9.17, 15) is 13.5 Å². The Kier molecular flexibility index (Phi) is 2.67. The predicted octanol–water partition coefficient (Wildman–Crippen LogP) is 0.708. The fraction of sp³-hybridized carbons (Fsp3) is 0.417. The van der Waals surface area contributed by atoms with Gasteiger partial charge in [0, 0.05) is 30.9 Å². The van der Waals surface area contributed by atoms with Crippen LogP contribution in [0.3, 0.4) is 0 Å². The van der Waals surface area contributed by atoms with E-state index < -0.39 is 15.6 Å². The van der Waals surface area contributed by atoms with Crippen LogP contribution in [-0.2, 0) is 10.0 Å². The zero-order valence-corrected chi connectivity index (χ0v) is 11.3. The number of hydrogen-bond acceptors (Lipinski definition) is 4. The first-order valence-corrected chi connectivity index (χ1v) is 7.55. The van der Waals surface area contributed by atoms with E-state index in [0.717, 1.165) is 0 Å². The van der Waals surface area contributed by atoms with E-state index in [0.29, 0.717) is 17.5 Å². The third-order valence-corrected chi connectivity index (χ3v) is 5.46. The van der Waals surface area contributed by atoms with E-state index in [4.69, 9.17) is 0 Å². The topological polar surface area (TPSA) is 86.3 Å². The maximum absolute atomic E-state index is 12.5. The van der Waals surface area contributed by atoms with Crippen molar-refractivity contribution in [3.05, 3.63) is 24.5 Å². The van der Waals surface area contributed by atoms with Crippen molar-refractivity contribution in [1.82, 2.24) is 14.3 Å². The van der Waals surface area contributed by atoms with E-state index in [1.807, 2.05) is 6.92 Å². The number of aromatic nitrogens is 2. The van der Waals surface area contributed by atoms with E-state index in [1.165, 1.54) is 10.5 Å². The predicted molar refractivity (Wildman–Crippen MR) is 70.1 cm³/mol. The number of H-pyrrole nitrogens is 1. The summed E-state index contributed by atoms with van der Waals surface area (Å²) in [6.45, 7) is 2.15. The third-order valence-electron chi connectivity index (χ3n) is 3.63. The van der Waals surface area contributed by atoms with Gasteiger partial charge in [-0.25, -0.2) is 13.4 Å². The second-order valence-electron chi connectivity index (χ2n) is 4.90. The smallest absolute Gasteiger partial charge is 0.245 e. The molecule has 6 nitrogen and oxygen atoms in total. The molecule has 0 amide bonds. The van der Waals surface area contributed by atoms with Crippen molar-refractivity contribution in [1.29, 1.82) is 0 Å². The fourth-order valence-electron chi connectivity index (χ4n) is 2.29. The number of nitrogens with zero attached hydrogens (tertiary/aromatic N) is 2. The molecule has 2 N–H and O–H groups in total. The Hall–Kier alpha value is -1.44. The average molecular weight is 281 g/mol. The summed E-state index contributed by atoms with van der Waals surface area (Å²) >= 11 is 0. The molecule has 0 atom stereocenters. The highest BCUT2D eigenvalue weighted by molar-refractivity contribution is 7.89. The monoisotopic (exact) mass is 281 g/mol. The van der Waals surface area contributed by atoms with Gasteiger partial charge in [0.2, 0.25) is 10.0 Å². The molecule has 0 spiro atoms. The van der Waals surface area contributed by atoms with Crippen LogP contribution in [0.5, 0.6) is 0 Å². The zero-order valence-electron chi connectivity index (χ0n) is 10.5. The Bertz CT molecular complexity index is 717. The molecule has 0 radical (unpaired) electrons. The molecule has 1 aliphatic rings. The molecule has 2 aromatic rings. The SMILES string of the molecule is CCC1(O)CN(S(=O)(=O)c2c[nH]c3ncccc23)C1. The van der Waals surface area contributed by atoms with Gasteiger partial charge in [-0.2, -0.15) is 4.31 Å². The molecule has 1 fully saturated rings. The molecule has 0 bridgehead atoms. The number of aromatic amines is 1. The lowest BCUT2D eigenvalue weighted by Gasteiger charge is -2.44. The van der Waals surface area contributed by atoms with Crippen molar-refractivity contribution < 1.29 is 13.5 Å². The van der Waals surface area contributed by atoms with Crippen molar-refractivity contribution in [2.24, 2.45) is 0 Å². The van der Waals surface area contributed by atoms with Gasteiger partial charge in [-0.3, -0.25) is 0 Å². The van der Waals surface area contributed by atoms with Gasteiger partial charge in [-0.1, -0.05) is 6.92 Å². The minimum absolute atomic E-state index is 0.152. The number of pyridine rings is 1. The van der Waals surface area contributed by atoms with Crippen molar-refractivity contribution in [2.45, 2.75) is 23.8 Å². The van der Waals surface area contributed by atoms with Gasteiger partial charge >= 0.3 is 0 Å².